The van der Waals surface area contributed by atoms with Crippen LogP contribution in [-0.4, -0.2) is 59.6 Å². The molecule has 1 fully saturated rings. The van der Waals surface area contributed by atoms with E-state index in [0.29, 0.717) is 42.8 Å². The predicted octanol–water partition coefficient (Wildman–Crippen LogP) is 2.71. The van der Waals surface area contributed by atoms with E-state index in [2.05, 4.69) is 17.4 Å². The second kappa shape index (κ2) is 16.6. The standard InChI is InChI=1S/C36H44N2O6S.Li/c1-25-11-9-10-14-28(25)30-23-26(15-16-29(30)32(39)37-31(33(40)41)17-22-45-5)24-43-36(27-12-7-6-8-13-27)18-20-38(21-19-36)34(42)44-35(2,3)4;/h6-16,23,31H,17-22,24H2,1-5H3,(H,37,39)(H,40,41);/q;+1/p-1/t31-;/m0./s1. The van der Waals surface area contributed by atoms with E-state index in [9.17, 15) is 19.5 Å². The Labute approximate surface area is 288 Å². The SMILES string of the molecule is CSCC[C@H](NC(=O)c1ccc(COC2(c3ccccc3)CCN(C(=O)OC(C)(C)C)CC2)cc1-c1ccccc1C)C(=O)[O-].[Li+]. The molecule has 0 bridgehead atoms. The average molecular weight is 639 g/mol. The third kappa shape index (κ3) is 9.65. The summed E-state index contributed by atoms with van der Waals surface area (Å²) in [6.45, 7) is 8.82. The van der Waals surface area contributed by atoms with Crippen LogP contribution in [0.1, 0.15) is 67.1 Å². The van der Waals surface area contributed by atoms with E-state index in [1.807, 2.05) is 88.5 Å². The summed E-state index contributed by atoms with van der Waals surface area (Å²) in [5.74, 6) is -1.19. The van der Waals surface area contributed by atoms with Gasteiger partial charge in [0.2, 0.25) is 0 Å². The van der Waals surface area contributed by atoms with Crippen LogP contribution in [0.4, 0.5) is 4.79 Å². The Balaban J connectivity index is 0.00000576. The summed E-state index contributed by atoms with van der Waals surface area (Å²) >= 11 is 1.51. The number of nitrogens with one attached hydrogen (secondary N) is 1. The maximum atomic E-state index is 13.5. The van der Waals surface area contributed by atoms with Crippen LogP contribution in [0.15, 0.2) is 72.8 Å². The Morgan fingerprint density at radius 1 is 0.978 bits per heavy atom. The average Bonchev–Trinajstić information content (AvgIpc) is 3.01. The van der Waals surface area contributed by atoms with Crippen LogP contribution < -0.4 is 29.3 Å². The summed E-state index contributed by atoms with van der Waals surface area (Å²) in [5, 5.41) is 14.4. The maximum absolute atomic E-state index is 13.5. The summed E-state index contributed by atoms with van der Waals surface area (Å²) < 4.78 is 12.4. The largest absolute Gasteiger partial charge is 1.00 e. The van der Waals surface area contributed by atoms with Gasteiger partial charge in [-0.25, -0.2) is 4.79 Å². The van der Waals surface area contributed by atoms with Crippen molar-refractivity contribution in [2.75, 3.05) is 25.1 Å². The van der Waals surface area contributed by atoms with Gasteiger partial charge in [0, 0.05) is 18.7 Å². The number of carboxylic acid groups (broad SMARTS) is 1. The predicted molar refractivity (Wildman–Crippen MR) is 176 cm³/mol. The molecule has 0 spiro atoms. The molecular formula is C36H43LiN2O6S. The van der Waals surface area contributed by atoms with Gasteiger partial charge >= 0.3 is 25.0 Å². The number of likely N-dealkylation sites (tertiary alicyclic amines) is 1. The molecule has 0 radical (unpaired) electrons. The van der Waals surface area contributed by atoms with Crippen LogP contribution in [0.3, 0.4) is 0 Å². The number of carbonyl (C=O) groups is 3. The van der Waals surface area contributed by atoms with Crippen molar-refractivity contribution in [1.29, 1.82) is 0 Å². The van der Waals surface area contributed by atoms with E-state index in [-0.39, 0.29) is 38.0 Å². The van der Waals surface area contributed by atoms with Crippen molar-refractivity contribution in [2.24, 2.45) is 0 Å². The molecular weight excluding hydrogens is 595 g/mol. The fourth-order valence-electron chi connectivity index (χ4n) is 5.55. The third-order valence-electron chi connectivity index (χ3n) is 8.00. The molecule has 1 atom stereocenters. The molecule has 0 saturated carbocycles. The molecule has 1 saturated heterocycles. The Kier molecular flexibility index (Phi) is 13.4. The number of aliphatic carboxylic acids is 1. The molecule has 2 amide bonds. The van der Waals surface area contributed by atoms with Crippen LogP contribution in [0, 0.1) is 6.92 Å². The van der Waals surface area contributed by atoms with E-state index in [0.717, 1.165) is 22.3 Å². The van der Waals surface area contributed by atoms with Crippen molar-refractivity contribution in [1.82, 2.24) is 10.2 Å². The minimum atomic E-state index is -1.30. The summed E-state index contributed by atoms with van der Waals surface area (Å²) in [6.07, 6.45) is 3.03. The molecule has 1 aliphatic rings. The number of carbonyl (C=O) groups excluding carboxylic acids is 3. The van der Waals surface area contributed by atoms with Gasteiger partial charge in [0.05, 0.1) is 24.2 Å². The van der Waals surface area contributed by atoms with E-state index in [4.69, 9.17) is 9.47 Å². The molecule has 240 valence electrons. The molecule has 3 aromatic rings. The molecule has 0 unspecified atom stereocenters. The molecule has 0 aromatic heterocycles. The molecule has 3 aromatic carbocycles. The number of hydrogen-bond donors (Lipinski definition) is 1. The number of piperidine rings is 1. The molecule has 10 heteroatoms. The zero-order valence-electron chi connectivity index (χ0n) is 27.8. The number of benzene rings is 3. The second-order valence-electron chi connectivity index (χ2n) is 12.4. The number of carboxylic acids is 1. The number of hydrogen-bond acceptors (Lipinski definition) is 7. The molecule has 4 rings (SSSR count). The van der Waals surface area contributed by atoms with Crippen molar-refractivity contribution in [3.63, 3.8) is 0 Å². The first kappa shape index (κ1) is 37.2. The molecule has 1 aliphatic heterocycles. The quantitative estimate of drug-likeness (QED) is 0.322. The summed E-state index contributed by atoms with van der Waals surface area (Å²) in [6, 6.07) is 22.3. The van der Waals surface area contributed by atoms with Crippen LogP contribution in [0.2, 0.25) is 0 Å². The topological polar surface area (TPSA) is 108 Å². The van der Waals surface area contributed by atoms with Gasteiger partial charge in [0.25, 0.3) is 5.91 Å². The number of thioether (sulfide) groups is 1. The summed E-state index contributed by atoms with van der Waals surface area (Å²) in [4.78, 5) is 39.7. The number of nitrogens with zero attached hydrogens (tertiary/aromatic N) is 1. The normalized spacial score (nSPS) is 14.9. The maximum Gasteiger partial charge on any atom is 1.00 e. The van der Waals surface area contributed by atoms with Crippen LogP contribution >= 0.6 is 11.8 Å². The van der Waals surface area contributed by atoms with Crippen molar-refractivity contribution in [3.05, 3.63) is 95.1 Å². The Morgan fingerprint density at radius 2 is 1.63 bits per heavy atom. The van der Waals surface area contributed by atoms with E-state index < -0.39 is 29.1 Å². The Hall–Kier alpha value is -3.22. The van der Waals surface area contributed by atoms with E-state index in [1.54, 1.807) is 11.0 Å². The molecule has 0 aliphatic carbocycles. The third-order valence-corrected chi connectivity index (χ3v) is 8.65. The van der Waals surface area contributed by atoms with Gasteiger partial charge in [-0.1, -0.05) is 60.7 Å². The van der Waals surface area contributed by atoms with Crippen LogP contribution in [0.5, 0.6) is 0 Å². The van der Waals surface area contributed by atoms with Gasteiger partial charge in [0.15, 0.2) is 0 Å². The molecule has 1 N–H and O–H groups in total. The fourth-order valence-corrected chi connectivity index (χ4v) is 6.03. The number of ether oxygens (including phenoxy) is 2. The Morgan fingerprint density at radius 3 is 2.24 bits per heavy atom. The number of amides is 2. The van der Waals surface area contributed by atoms with Crippen LogP contribution in [-0.2, 0) is 26.5 Å². The van der Waals surface area contributed by atoms with E-state index >= 15 is 0 Å². The minimum absolute atomic E-state index is 0. The van der Waals surface area contributed by atoms with Gasteiger partial charge in [-0.15, -0.1) is 0 Å². The van der Waals surface area contributed by atoms with Gasteiger partial charge in [-0.2, -0.15) is 11.8 Å². The van der Waals surface area contributed by atoms with E-state index in [1.165, 1.54) is 11.8 Å². The Bertz CT molecular complexity index is 1490. The van der Waals surface area contributed by atoms with Crippen molar-refractivity contribution >= 4 is 29.7 Å². The van der Waals surface area contributed by atoms with Gasteiger partial charge < -0.3 is 29.6 Å². The first-order valence-corrected chi connectivity index (χ1v) is 16.7. The van der Waals surface area contributed by atoms with Gasteiger partial charge in [-0.05, 0) is 98.9 Å². The molecule has 8 nitrogen and oxygen atoms in total. The molecule has 1 heterocycles. The number of aryl methyl sites for hydroxylation is 1. The minimum Gasteiger partial charge on any atom is -0.548 e. The molecule has 46 heavy (non-hydrogen) atoms. The van der Waals surface area contributed by atoms with Crippen molar-refractivity contribution in [2.45, 2.75) is 70.8 Å². The van der Waals surface area contributed by atoms with Crippen molar-refractivity contribution in [3.8, 4) is 11.1 Å². The second-order valence-corrected chi connectivity index (χ2v) is 13.4. The smallest absolute Gasteiger partial charge is 0.548 e. The summed E-state index contributed by atoms with van der Waals surface area (Å²) in [5.41, 5.74) is 3.67. The first-order chi connectivity index (χ1) is 21.4. The van der Waals surface area contributed by atoms with Gasteiger partial charge in [0.1, 0.15) is 5.60 Å². The monoisotopic (exact) mass is 638 g/mol. The van der Waals surface area contributed by atoms with Crippen molar-refractivity contribution < 1.29 is 47.8 Å². The summed E-state index contributed by atoms with van der Waals surface area (Å²) in [7, 11) is 0. The van der Waals surface area contributed by atoms with Gasteiger partial charge in [-0.3, -0.25) is 4.79 Å². The van der Waals surface area contributed by atoms with Crippen LogP contribution in [0.25, 0.3) is 11.1 Å². The zero-order chi connectivity index (χ0) is 32.6. The zero-order valence-corrected chi connectivity index (χ0v) is 28.6. The fraction of sp³-hybridized carbons (Fsp3) is 0.417. The number of rotatable bonds is 11. The first-order valence-electron chi connectivity index (χ1n) is 15.3.